The molecule has 0 aromatic carbocycles. The lowest BCUT2D eigenvalue weighted by Crippen LogP contribution is -2.48. The number of amides is 1. The largest absolute Gasteiger partial charge is 0.378 e. The molecule has 2 N–H and O–H groups in total. The maximum absolute atomic E-state index is 12.0. The Labute approximate surface area is 103 Å². The fourth-order valence-electron chi connectivity index (χ4n) is 1.53. The summed E-state index contributed by atoms with van der Waals surface area (Å²) in [4.78, 5) is 13.8. The molecule has 100 valence electrons. The highest BCUT2D eigenvalue weighted by Gasteiger charge is 2.25. The van der Waals surface area contributed by atoms with Gasteiger partial charge < -0.3 is 20.1 Å². The van der Waals surface area contributed by atoms with E-state index in [-0.39, 0.29) is 11.4 Å². The molecule has 1 aliphatic heterocycles. The van der Waals surface area contributed by atoms with Gasteiger partial charge in [0.25, 0.3) is 5.91 Å². The van der Waals surface area contributed by atoms with Gasteiger partial charge in [0.05, 0.1) is 19.8 Å². The van der Waals surface area contributed by atoms with Crippen molar-refractivity contribution in [1.82, 2.24) is 4.90 Å². The average molecular weight is 244 g/mol. The van der Waals surface area contributed by atoms with Crippen LogP contribution in [0.25, 0.3) is 0 Å². The zero-order chi connectivity index (χ0) is 12.9. The van der Waals surface area contributed by atoms with E-state index in [1.807, 2.05) is 13.8 Å². The summed E-state index contributed by atoms with van der Waals surface area (Å²) in [6, 6.07) is 0. The van der Waals surface area contributed by atoms with E-state index < -0.39 is 6.10 Å². The predicted octanol–water partition coefficient (Wildman–Crippen LogP) is 0.378. The minimum absolute atomic E-state index is 0.0280. The first kappa shape index (κ1) is 14.4. The van der Waals surface area contributed by atoms with Crippen LogP contribution in [0.4, 0.5) is 0 Å². The van der Waals surface area contributed by atoms with E-state index in [1.165, 1.54) is 0 Å². The van der Waals surface area contributed by atoms with Crippen LogP contribution < -0.4 is 5.73 Å². The van der Waals surface area contributed by atoms with Gasteiger partial charge in [-0.1, -0.05) is 6.92 Å². The van der Waals surface area contributed by atoms with E-state index in [0.717, 1.165) is 6.42 Å². The van der Waals surface area contributed by atoms with Crippen molar-refractivity contribution in [1.29, 1.82) is 0 Å². The molecule has 1 saturated heterocycles. The first-order valence-corrected chi connectivity index (χ1v) is 6.23. The van der Waals surface area contributed by atoms with Crippen LogP contribution in [-0.2, 0) is 14.3 Å². The van der Waals surface area contributed by atoms with Crippen LogP contribution in [0.1, 0.15) is 27.2 Å². The summed E-state index contributed by atoms with van der Waals surface area (Å²) in [5.74, 6) is 0.0280. The monoisotopic (exact) mass is 244 g/mol. The molecule has 2 unspecified atom stereocenters. The molecule has 0 aliphatic carbocycles. The van der Waals surface area contributed by atoms with E-state index in [1.54, 1.807) is 11.8 Å². The van der Waals surface area contributed by atoms with Crippen LogP contribution in [0.5, 0.6) is 0 Å². The molecule has 2 atom stereocenters. The lowest BCUT2D eigenvalue weighted by atomic mass is 10.0. The van der Waals surface area contributed by atoms with Crippen LogP contribution in [0.15, 0.2) is 0 Å². The number of rotatable bonds is 5. The maximum Gasteiger partial charge on any atom is 0.251 e. The van der Waals surface area contributed by atoms with Gasteiger partial charge in [0.15, 0.2) is 0 Å². The van der Waals surface area contributed by atoms with Gasteiger partial charge in [-0.05, 0) is 20.3 Å². The highest BCUT2D eigenvalue weighted by Crippen LogP contribution is 2.09. The molecule has 17 heavy (non-hydrogen) atoms. The van der Waals surface area contributed by atoms with Crippen LogP contribution >= 0.6 is 0 Å². The first-order valence-electron chi connectivity index (χ1n) is 6.23. The summed E-state index contributed by atoms with van der Waals surface area (Å²) in [5, 5.41) is 0. The number of nitrogens with zero attached hydrogens (tertiary/aromatic N) is 1. The molecule has 0 aromatic heterocycles. The summed E-state index contributed by atoms with van der Waals surface area (Å²) in [6.07, 6.45) is 0.397. The Balaban J connectivity index is 2.36. The van der Waals surface area contributed by atoms with Crippen molar-refractivity contribution in [2.75, 3.05) is 32.9 Å². The lowest BCUT2D eigenvalue weighted by Gasteiger charge is -2.30. The first-order chi connectivity index (χ1) is 7.96. The van der Waals surface area contributed by atoms with Gasteiger partial charge in [0.1, 0.15) is 6.10 Å². The number of ether oxygens (including phenoxy) is 2. The summed E-state index contributed by atoms with van der Waals surface area (Å²) < 4.78 is 10.8. The van der Waals surface area contributed by atoms with Crippen molar-refractivity contribution < 1.29 is 14.3 Å². The zero-order valence-electron chi connectivity index (χ0n) is 11.1. The number of nitrogens with two attached hydrogens (primary N) is 1. The molecule has 5 nitrogen and oxygen atoms in total. The average Bonchev–Trinajstić information content (AvgIpc) is 2.36. The van der Waals surface area contributed by atoms with Gasteiger partial charge in [-0.3, -0.25) is 4.79 Å². The van der Waals surface area contributed by atoms with Crippen LogP contribution in [0, 0.1) is 0 Å². The third-order valence-corrected chi connectivity index (χ3v) is 3.14. The van der Waals surface area contributed by atoms with E-state index >= 15 is 0 Å². The van der Waals surface area contributed by atoms with E-state index in [0.29, 0.717) is 32.9 Å². The summed E-state index contributed by atoms with van der Waals surface area (Å²) in [7, 11) is 0. The maximum atomic E-state index is 12.0. The van der Waals surface area contributed by atoms with Crippen LogP contribution in [-0.4, -0.2) is 55.4 Å². The van der Waals surface area contributed by atoms with Crippen molar-refractivity contribution in [2.45, 2.75) is 38.8 Å². The third kappa shape index (κ3) is 4.61. The number of morpholine rings is 1. The van der Waals surface area contributed by atoms with Gasteiger partial charge in [-0.2, -0.15) is 0 Å². The number of hydrogen-bond donors (Lipinski definition) is 1. The molecule has 0 bridgehead atoms. The summed E-state index contributed by atoms with van der Waals surface area (Å²) >= 11 is 0. The molecule has 0 radical (unpaired) electrons. The number of hydrogen-bond acceptors (Lipinski definition) is 4. The van der Waals surface area contributed by atoms with Gasteiger partial charge >= 0.3 is 0 Å². The molecule has 0 spiro atoms. The Hall–Kier alpha value is -0.650. The van der Waals surface area contributed by atoms with Crippen LogP contribution in [0.3, 0.4) is 0 Å². The normalized spacial score (nSPS) is 22.0. The van der Waals surface area contributed by atoms with Gasteiger partial charge in [0, 0.05) is 18.6 Å². The lowest BCUT2D eigenvalue weighted by molar-refractivity contribution is -0.147. The van der Waals surface area contributed by atoms with Gasteiger partial charge in [-0.25, -0.2) is 0 Å². The van der Waals surface area contributed by atoms with Gasteiger partial charge in [0.2, 0.25) is 0 Å². The highest BCUT2D eigenvalue weighted by molar-refractivity contribution is 5.80. The Kier molecular flexibility index (Phi) is 5.36. The highest BCUT2D eigenvalue weighted by atomic mass is 16.5. The van der Waals surface area contributed by atoms with E-state index in [4.69, 9.17) is 15.2 Å². The zero-order valence-corrected chi connectivity index (χ0v) is 11.1. The van der Waals surface area contributed by atoms with E-state index in [9.17, 15) is 4.79 Å². The molecule has 1 amide bonds. The van der Waals surface area contributed by atoms with E-state index in [2.05, 4.69) is 0 Å². The van der Waals surface area contributed by atoms with Crippen molar-refractivity contribution in [3.63, 3.8) is 0 Å². The molecule has 0 saturated carbocycles. The second-order valence-corrected chi connectivity index (χ2v) is 4.90. The van der Waals surface area contributed by atoms with Crippen molar-refractivity contribution in [3.8, 4) is 0 Å². The Morgan fingerprint density at radius 1 is 1.53 bits per heavy atom. The summed E-state index contributed by atoms with van der Waals surface area (Å²) in [6.45, 7) is 8.66. The molecular weight excluding hydrogens is 220 g/mol. The molecule has 1 rings (SSSR count). The SMILES string of the molecule is CCC(C)(N)COC(C)C(=O)N1CCOCC1. The van der Waals surface area contributed by atoms with Crippen molar-refractivity contribution >= 4 is 5.91 Å². The molecule has 1 fully saturated rings. The minimum atomic E-state index is -0.428. The third-order valence-electron chi connectivity index (χ3n) is 3.14. The molecular formula is C12H24N2O3. The number of carbonyl (C=O) groups is 1. The smallest absolute Gasteiger partial charge is 0.251 e. The fourth-order valence-corrected chi connectivity index (χ4v) is 1.53. The Bertz CT molecular complexity index is 250. The second kappa shape index (κ2) is 6.33. The van der Waals surface area contributed by atoms with Crippen molar-refractivity contribution in [3.05, 3.63) is 0 Å². The van der Waals surface area contributed by atoms with Gasteiger partial charge in [-0.15, -0.1) is 0 Å². The molecule has 0 aromatic rings. The number of carbonyl (C=O) groups excluding carboxylic acids is 1. The Morgan fingerprint density at radius 2 is 2.12 bits per heavy atom. The molecule has 1 heterocycles. The minimum Gasteiger partial charge on any atom is -0.378 e. The van der Waals surface area contributed by atoms with Crippen molar-refractivity contribution in [2.24, 2.45) is 5.73 Å². The summed E-state index contributed by atoms with van der Waals surface area (Å²) in [5.41, 5.74) is 5.61. The Morgan fingerprint density at radius 3 is 2.65 bits per heavy atom. The fraction of sp³-hybridized carbons (Fsp3) is 0.917. The van der Waals surface area contributed by atoms with Crippen LogP contribution in [0.2, 0.25) is 0 Å². The predicted molar refractivity (Wildman–Crippen MR) is 65.7 cm³/mol. The standard InChI is InChI=1S/C12H24N2O3/c1-4-12(3,13)9-17-10(2)11(15)14-5-7-16-8-6-14/h10H,4-9,13H2,1-3H3. The second-order valence-electron chi connectivity index (χ2n) is 4.90. The quantitative estimate of drug-likeness (QED) is 0.759. The molecule has 1 aliphatic rings. The topological polar surface area (TPSA) is 64.8 Å². The molecule has 5 heteroatoms.